The molecule has 9 N–H and O–H groups in total. The molecule has 0 saturated carbocycles. The summed E-state index contributed by atoms with van der Waals surface area (Å²) in [5, 5.41) is 29.0. The fourth-order valence-electron chi connectivity index (χ4n) is 1.16. The van der Waals surface area contributed by atoms with Crippen molar-refractivity contribution in [2.75, 3.05) is 18.8 Å². The Morgan fingerprint density at radius 2 is 1.56 bits per heavy atom. The van der Waals surface area contributed by atoms with Crippen molar-refractivity contribution in [3.63, 3.8) is 0 Å². The van der Waals surface area contributed by atoms with Gasteiger partial charge in [0.15, 0.2) is 0 Å². The highest BCUT2D eigenvalue weighted by Gasteiger charge is 2.20. The van der Waals surface area contributed by atoms with Gasteiger partial charge in [-0.15, -0.1) is 0 Å². The molecule has 144 valence electrons. The third kappa shape index (κ3) is 14.9. The Morgan fingerprint density at radius 3 is 1.92 bits per heavy atom. The molecule has 0 saturated heterocycles. The Labute approximate surface area is 148 Å². The van der Waals surface area contributed by atoms with Crippen LogP contribution in [0, 0.1) is 0 Å². The lowest BCUT2D eigenvalue weighted by Crippen LogP contribution is -2.49. The first-order valence-corrected chi connectivity index (χ1v) is 7.48. The van der Waals surface area contributed by atoms with Crippen LogP contribution in [0.5, 0.6) is 0 Å². The molecule has 2 unspecified atom stereocenters. The van der Waals surface area contributed by atoms with Crippen LogP contribution in [0.3, 0.4) is 0 Å². The molecule has 0 radical (unpaired) electrons. The summed E-state index contributed by atoms with van der Waals surface area (Å²) in [6.45, 7) is -0.844. The number of rotatable bonds is 10. The highest BCUT2D eigenvalue weighted by Crippen LogP contribution is 1.97. The van der Waals surface area contributed by atoms with Crippen molar-refractivity contribution in [3.8, 4) is 0 Å². The molecule has 0 spiro atoms. The van der Waals surface area contributed by atoms with E-state index in [4.69, 9.17) is 21.1 Å². The monoisotopic (exact) mass is 382 g/mol. The Hall–Kier alpha value is -2.38. The van der Waals surface area contributed by atoms with Crippen LogP contribution in [0.1, 0.15) is 12.8 Å². The molecule has 13 heteroatoms. The molecular formula is C12H22N4O8S. The van der Waals surface area contributed by atoms with Gasteiger partial charge in [-0.1, -0.05) is 0 Å². The van der Waals surface area contributed by atoms with Crippen molar-refractivity contribution >= 4 is 42.4 Å². The van der Waals surface area contributed by atoms with Gasteiger partial charge >= 0.3 is 17.9 Å². The number of carboxylic acids is 3. The predicted octanol–water partition coefficient (Wildman–Crippen LogP) is -3.18. The van der Waals surface area contributed by atoms with Crippen molar-refractivity contribution < 1.29 is 39.3 Å². The van der Waals surface area contributed by atoms with Gasteiger partial charge < -0.3 is 37.4 Å². The zero-order valence-electron chi connectivity index (χ0n) is 13.2. The molecular weight excluding hydrogens is 360 g/mol. The van der Waals surface area contributed by atoms with E-state index in [2.05, 4.69) is 29.0 Å². The SMILES string of the molecule is NC(CCC(=O)NC(CS)C(=O)NCC(=O)O)C(=O)O.NCC(=O)O. The molecule has 0 aliphatic heterocycles. The highest BCUT2D eigenvalue weighted by atomic mass is 32.1. The van der Waals surface area contributed by atoms with E-state index in [1.807, 2.05) is 0 Å². The first-order valence-electron chi connectivity index (χ1n) is 6.85. The Bertz CT molecular complexity index is 488. The van der Waals surface area contributed by atoms with E-state index in [0.29, 0.717) is 0 Å². The van der Waals surface area contributed by atoms with Gasteiger partial charge in [0.1, 0.15) is 18.6 Å². The number of amides is 2. The molecule has 2 atom stereocenters. The predicted molar refractivity (Wildman–Crippen MR) is 88.0 cm³/mol. The van der Waals surface area contributed by atoms with E-state index in [1.54, 1.807) is 0 Å². The number of carbonyl (C=O) groups excluding carboxylic acids is 2. The van der Waals surface area contributed by atoms with Gasteiger partial charge in [-0.05, 0) is 6.42 Å². The third-order valence-electron chi connectivity index (χ3n) is 2.42. The number of hydrogen-bond donors (Lipinski definition) is 8. The zero-order chi connectivity index (χ0) is 20.0. The molecule has 0 aromatic rings. The second-order valence-electron chi connectivity index (χ2n) is 4.50. The minimum absolute atomic E-state index is 0.0256. The molecule has 2 amide bonds. The first kappa shape index (κ1) is 24.9. The second kappa shape index (κ2) is 14.0. The topological polar surface area (TPSA) is 222 Å². The van der Waals surface area contributed by atoms with Crippen LogP contribution < -0.4 is 22.1 Å². The van der Waals surface area contributed by atoms with Gasteiger partial charge in [0.25, 0.3) is 0 Å². The molecule has 0 aliphatic rings. The van der Waals surface area contributed by atoms with Crippen LogP contribution in [-0.2, 0) is 24.0 Å². The summed E-state index contributed by atoms with van der Waals surface area (Å²) in [7, 11) is 0. The lowest BCUT2D eigenvalue weighted by atomic mass is 10.1. The van der Waals surface area contributed by atoms with E-state index in [9.17, 15) is 24.0 Å². The average Bonchev–Trinajstić information content (AvgIpc) is 2.55. The molecule has 0 fully saturated rings. The normalized spacial score (nSPS) is 12.0. The van der Waals surface area contributed by atoms with E-state index in [1.165, 1.54) is 0 Å². The quantitative estimate of drug-likeness (QED) is 0.177. The summed E-state index contributed by atoms with van der Waals surface area (Å²) < 4.78 is 0. The molecule has 25 heavy (non-hydrogen) atoms. The number of aliphatic carboxylic acids is 3. The van der Waals surface area contributed by atoms with Crippen molar-refractivity contribution in [2.24, 2.45) is 11.5 Å². The number of carboxylic acid groups (broad SMARTS) is 3. The molecule has 0 aromatic carbocycles. The average molecular weight is 382 g/mol. The fourth-order valence-corrected chi connectivity index (χ4v) is 1.41. The van der Waals surface area contributed by atoms with Gasteiger partial charge in [0, 0.05) is 12.2 Å². The Kier molecular flexibility index (Phi) is 13.9. The summed E-state index contributed by atoms with van der Waals surface area (Å²) in [6, 6.07) is -2.15. The van der Waals surface area contributed by atoms with E-state index >= 15 is 0 Å². The number of carbonyl (C=O) groups is 5. The largest absolute Gasteiger partial charge is 0.480 e. The number of nitrogens with one attached hydrogen (secondary N) is 2. The van der Waals surface area contributed by atoms with Crippen LogP contribution in [0.4, 0.5) is 0 Å². The second-order valence-corrected chi connectivity index (χ2v) is 4.86. The summed E-state index contributed by atoms with van der Waals surface area (Å²) in [5.41, 5.74) is 9.80. The van der Waals surface area contributed by atoms with Crippen molar-refractivity contribution in [1.82, 2.24) is 10.6 Å². The maximum Gasteiger partial charge on any atom is 0.322 e. The molecule has 0 heterocycles. The van der Waals surface area contributed by atoms with E-state index < -0.39 is 48.4 Å². The molecule has 0 bridgehead atoms. The van der Waals surface area contributed by atoms with Crippen molar-refractivity contribution in [2.45, 2.75) is 24.9 Å². The van der Waals surface area contributed by atoms with E-state index in [0.717, 1.165) is 0 Å². The number of thiol groups is 1. The standard InChI is InChI=1S/C10H17N3O6S.C2H5NO2/c11-5(10(18)19)1-2-7(14)13-6(4-20)9(17)12-3-8(15)16;3-1-2(4)5/h5-6,20H,1-4,11H2,(H,12,17)(H,13,14)(H,15,16)(H,18,19);1,3H2,(H,4,5). The molecule has 0 rings (SSSR count). The molecule has 0 aliphatic carbocycles. The van der Waals surface area contributed by atoms with Crippen LogP contribution in [-0.4, -0.2) is 76.0 Å². The smallest absolute Gasteiger partial charge is 0.322 e. The summed E-state index contributed by atoms with van der Waals surface area (Å²) in [5.74, 6) is -4.67. The molecule has 0 aromatic heterocycles. The summed E-state index contributed by atoms with van der Waals surface area (Å²) >= 11 is 3.87. The molecule has 12 nitrogen and oxygen atoms in total. The minimum atomic E-state index is -1.22. The van der Waals surface area contributed by atoms with Crippen LogP contribution in [0.25, 0.3) is 0 Å². The van der Waals surface area contributed by atoms with Gasteiger partial charge in [0.2, 0.25) is 11.8 Å². The Morgan fingerprint density at radius 1 is 1.04 bits per heavy atom. The maximum atomic E-state index is 11.5. The Balaban J connectivity index is 0. The van der Waals surface area contributed by atoms with Crippen LogP contribution >= 0.6 is 12.6 Å². The summed E-state index contributed by atoms with van der Waals surface area (Å²) in [6.07, 6.45) is -0.235. The van der Waals surface area contributed by atoms with Crippen LogP contribution in [0.2, 0.25) is 0 Å². The summed E-state index contributed by atoms with van der Waals surface area (Å²) in [4.78, 5) is 53.0. The number of hydrogen-bond acceptors (Lipinski definition) is 8. The number of nitrogens with two attached hydrogens (primary N) is 2. The van der Waals surface area contributed by atoms with Gasteiger partial charge in [-0.3, -0.25) is 24.0 Å². The van der Waals surface area contributed by atoms with E-state index in [-0.39, 0.29) is 25.1 Å². The van der Waals surface area contributed by atoms with Crippen LogP contribution in [0.15, 0.2) is 0 Å². The zero-order valence-corrected chi connectivity index (χ0v) is 14.1. The minimum Gasteiger partial charge on any atom is -0.480 e. The fraction of sp³-hybridized carbons (Fsp3) is 0.583. The van der Waals surface area contributed by atoms with Gasteiger partial charge in [-0.2, -0.15) is 12.6 Å². The first-order chi connectivity index (χ1) is 11.5. The maximum absolute atomic E-state index is 11.5. The van der Waals surface area contributed by atoms with Gasteiger partial charge in [0.05, 0.1) is 6.54 Å². The van der Waals surface area contributed by atoms with Gasteiger partial charge in [-0.25, -0.2) is 0 Å². The lowest BCUT2D eigenvalue weighted by molar-refractivity contribution is -0.139. The third-order valence-corrected chi connectivity index (χ3v) is 2.79. The van der Waals surface area contributed by atoms with Crippen molar-refractivity contribution in [1.29, 1.82) is 0 Å². The lowest BCUT2D eigenvalue weighted by Gasteiger charge is -2.16. The van der Waals surface area contributed by atoms with Crippen molar-refractivity contribution in [3.05, 3.63) is 0 Å². The highest BCUT2D eigenvalue weighted by molar-refractivity contribution is 7.80.